The van der Waals surface area contributed by atoms with E-state index in [1.165, 1.54) is 6.33 Å². The summed E-state index contributed by atoms with van der Waals surface area (Å²) in [7, 11) is 1.86. The molecule has 0 aliphatic heterocycles. The van der Waals surface area contributed by atoms with Crippen molar-refractivity contribution in [3.05, 3.63) is 35.8 Å². The maximum absolute atomic E-state index is 6.03. The van der Waals surface area contributed by atoms with Crippen molar-refractivity contribution in [3.63, 3.8) is 0 Å². The molecule has 0 bridgehead atoms. The van der Waals surface area contributed by atoms with Gasteiger partial charge >= 0.3 is 0 Å². The fraction of sp³-hybridized carbons (Fsp3) is 0.400. The van der Waals surface area contributed by atoms with Gasteiger partial charge in [-0.1, -0.05) is 0 Å². The van der Waals surface area contributed by atoms with Crippen molar-refractivity contribution >= 4 is 0 Å². The average Bonchev–Trinajstić information content (AvgIpc) is 2.77. The molecular formula is C10H14N4O. The van der Waals surface area contributed by atoms with E-state index in [4.69, 9.17) is 10.2 Å². The van der Waals surface area contributed by atoms with E-state index in [0.29, 0.717) is 6.42 Å². The van der Waals surface area contributed by atoms with Crippen LogP contribution in [-0.4, -0.2) is 14.8 Å². The standard InChI is InChI=1S/C10H14N4O/c1-7-3-8(5-15-7)9(11)4-10-12-6-13-14(10)2/h3,5-6,9H,4,11H2,1-2H3. The molecule has 0 radical (unpaired) electrons. The Hall–Kier alpha value is -1.62. The Labute approximate surface area is 87.9 Å². The van der Waals surface area contributed by atoms with E-state index in [1.54, 1.807) is 10.9 Å². The van der Waals surface area contributed by atoms with Crippen LogP contribution in [0.25, 0.3) is 0 Å². The largest absolute Gasteiger partial charge is 0.469 e. The van der Waals surface area contributed by atoms with Crippen LogP contribution in [0.4, 0.5) is 0 Å². The minimum absolute atomic E-state index is 0.0923. The van der Waals surface area contributed by atoms with Crippen LogP contribution < -0.4 is 5.73 Å². The van der Waals surface area contributed by atoms with Crippen molar-refractivity contribution in [1.82, 2.24) is 14.8 Å². The molecule has 0 spiro atoms. The molecule has 0 fully saturated rings. The molecule has 5 heteroatoms. The Kier molecular flexibility index (Phi) is 2.55. The lowest BCUT2D eigenvalue weighted by molar-refractivity contribution is 0.526. The lowest BCUT2D eigenvalue weighted by Crippen LogP contribution is -2.15. The van der Waals surface area contributed by atoms with Crippen molar-refractivity contribution in [2.24, 2.45) is 12.8 Å². The normalized spacial score (nSPS) is 13.0. The highest BCUT2D eigenvalue weighted by atomic mass is 16.3. The zero-order valence-electron chi connectivity index (χ0n) is 8.84. The predicted octanol–water partition coefficient (Wildman–Crippen LogP) is 0.959. The van der Waals surface area contributed by atoms with E-state index in [-0.39, 0.29) is 6.04 Å². The van der Waals surface area contributed by atoms with E-state index in [9.17, 15) is 0 Å². The smallest absolute Gasteiger partial charge is 0.138 e. The molecular weight excluding hydrogens is 192 g/mol. The Morgan fingerprint density at radius 3 is 2.93 bits per heavy atom. The van der Waals surface area contributed by atoms with Crippen LogP contribution >= 0.6 is 0 Å². The Bertz CT molecular complexity index is 446. The minimum Gasteiger partial charge on any atom is -0.469 e. The third-order valence-corrected chi connectivity index (χ3v) is 2.39. The fourth-order valence-corrected chi connectivity index (χ4v) is 1.48. The van der Waals surface area contributed by atoms with Crippen molar-refractivity contribution in [3.8, 4) is 0 Å². The highest BCUT2D eigenvalue weighted by molar-refractivity contribution is 5.17. The van der Waals surface area contributed by atoms with Gasteiger partial charge in [-0.2, -0.15) is 5.10 Å². The van der Waals surface area contributed by atoms with Crippen LogP contribution in [0.1, 0.15) is 23.2 Å². The second-order valence-electron chi connectivity index (χ2n) is 3.60. The molecule has 80 valence electrons. The van der Waals surface area contributed by atoms with Gasteiger partial charge in [-0.05, 0) is 13.0 Å². The van der Waals surface area contributed by atoms with Crippen LogP contribution in [0, 0.1) is 6.92 Å². The molecule has 5 nitrogen and oxygen atoms in total. The number of nitrogens with two attached hydrogens (primary N) is 1. The van der Waals surface area contributed by atoms with Gasteiger partial charge in [0.1, 0.15) is 17.9 Å². The first-order chi connectivity index (χ1) is 7.16. The molecule has 0 aromatic carbocycles. The first-order valence-corrected chi connectivity index (χ1v) is 4.80. The topological polar surface area (TPSA) is 69.9 Å². The number of nitrogens with zero attached hydrogens (tertiary/aromatic N) is 3. The molecule has 0 saturated carbocycles. The monoisotopic (exact) mass is 206 g/mol. The van der Waals surface area contributed by atoms with Crippen LogP contribution in [0.5, 0.6) is 0 Å². The van der Waals surface area contributed by atoms with E-state index >= 15 is 0 Å². The first-order valence-electron chi connectivity index (χ1n) is 4.80. The second kappa shape index (κ2) is 3.86. The summed E-state index contributed by atoms with van der Waals surface area (Å²) >= 11 is 0. The maximum atomic E-state index is 6.03. The van der Waals surface area contributed by atoms with Crippen LogP contribution in [0.3, 0.4) is 0 Å². The van der Waals surface area contributed by atoms with Gasteiger partial charge in [0.2, 0.25) is 0 Å². The summed E-state index contributed by atoms with van der Waals surface area (Å²) in [5, 5.41) is 4.00. The number of rotatable bonds is 3. The zero-order valence-corrected chi connectivity index (χ0v) is 8.84. The van der Waals surface area contributed by atoms with Gasteiger partial charge in [-0.15, -0.1) is 0 Å². The minimum atomic E-state index is -0.0923. The summed E-state index contributed by atoms with van der Waals surface area (Å²) in [6.07, 6.45) is 3.88. The van der Waals surface area contributed by atoms with E-state index < -0.39 is 0 Å². The van der Waals surface area contributed by atoms with Crippen molar-refractivity contribution in [1.29, 1.82) is 0 Å². The highest BCUT2D eigenvalue weighted by Gasteiger charge is 2.12. The second-order valence-corrected chi connectivity index (χ2v) is 3.60. The molecule has 2 aromatic heterocycles. The molecule has 2 rings (SSSR count). The van der Waals surface area contributed by atoms with Gasteiger partial charge in [0.05, 0.1) is 6.26 Å². The van der Waals surface area contributed by atoms with E-state index in [2.05, 4.69) is 10.1 Å². The molecule has 0 saturated heterocycles. The zero-order chi connectivity index (χ0) is 10.8. The predicted molar refractivity (Wildman–Crippen MR) is 55.1 cm³/mol. The third-order valence-electron chi connectivity index (χ3n) is 2.39. The summed E-state index contributed by atoms with van der Waals surface area (Å²) in [5.74, 6) is 1.75. The molecule has 15 heavy (non-hydrogen) atoms. The van der Waals surface area contributed by atoms with Crippen molar-refractivity contribution in [2.75, 3.05) is 0 Å². The van der Waals surface area contributed by atoms with Gasteiger partial charge in [0.15, 0.2) is 0 Å². The molecule has 0 aliphatic carbocycles. The van der Waals surface area contributed by atoms with Gasteiger partial charge in [0, 0.05) is 25.1 Å². The lowest BCUT2D eigenvalue weighted by Gasteiger charge is -2.07. The van der Waals surface area contributed by atoms with Gasteiger partial charge in [-0.25, -0.2) is 4.98 Å². The summed E-state index contributed by atoms with van der Waals surface area (Å²) in [6.45, 7) is 1.90. The maximum Gasteiger partial charge on any atom is 0.138 e. The van der Waals surface area contributed by atoms with Crippen molar-refractivity contribution in [2.45, 2.75) is 19.4 Å². The SMILES string of the molecule is Cc1cc(C(N)Cc2ncnn2C)co1. The van der Waals surface area contributed by atoms with E-state index in [1.807, 2.05) is 20.0 Å². The van der Waals surface area contributed by atoms with Gasteiger partial charge < -0.3 is 10.2 Å². The van der Waals surface area contributed by atoms with Crippen molar-refractivity contribution < 1.29 is 4.42 Å². The average molecular weight is 206 g/mol. The number of hydrogen-bond donors (Lipinski definition) is 1. The Morgan fingerprint density at radius 1 is 1.60 bits per heavy atom. The van der Waals surface area contributed by atoms with Crippen LogP contribution in [0.2, 0.25) is 0 Å². The summed E-state index contributed by atoms with van der Waals surface area (Å²) in [5.41, 5.74) is 7.02. The lowest BCUT2D eigenvalue weighted by atomic mass is 10.1. The number of aryl methyl sites for hydroxylation is 2. The van der Waals surface area contributed by atoms with Crippen LogP contribution in [-0.2, 0) is 13.5 Å². The molecule has 2 aromatic rings. The molecule has 1 atom stereocenters. The third kappa shape index (κ3) is 2.07. The molecule has 1 unspecified atom stereocenters. The number of aromatic nitrogens is 3. The van der Waals surface area contributed by atoms with Gasteiger partial charge in [-0.3, -0.25) is 4.68 Å². The van der Waals surface area contributed by atoms with Gasteiger partial charge in [0.25, 0.3) is 0 Å². The molecule has 0 aliphatic rings. The summed E-state index contributed by atoms with van der Waals surface area (Å²) in [6, 6.07) is 1.85. The molecule has 2 heterocycles. The van der Waals surface area contributed by atoms with E-state index in [0.717, 1.165) is 17.1 Å². The number of furan rings is 1. The molecule has 2 N–H and O–H groups in total. The fourth-order valence-electron chi connectivity index (χ4n) is 1.48. The Balaban J connectivity index is 2.10. The molecule has 0 amide bonds. The first kappa shape index (κ1) is 9.92. The Morgan fingerprint density at radius 2 is 2.40 bits per heavy atom. The summed E-state index contributed by atoms with van der Waals surface area (Å²) in [4.78, 5) is 4.13. The number of hydrogen-bond acceptors (Lipinski definition) is 4. The highest BCUT2D eigenvalue weighted by Crippen LogP contribution is 2.17. The quantitative estimate of drug-likeness (QED) is 0.812. The summed E-state index contributed by atoms with van der Waals surface area (Å²) < 4.78 is 6.94. The van der Waals surface area contributed by atoms with Crippen LogP contribution in [0.15, 0.2) is 23.1 Å².